The molecule has 0 aromatic heterocycles. The van der Waals surface area contributed by atoms with Crippen LogP contribution < -0.4 is 16.0 Å². The van der Waals surface area contributed by atoms with Crippen molar-refractivity contribution in [2.24, 2.45) is 4.99 Å². The second kappa shape index (κ2) is 10.5. The highest BCUT2D eigenvalue weighted by Gasteiger charge is 2.28. The van der Waals surface area contributed by atoms with E-state index in [2.05, 4.69) is 53.0 Å². The Kier molecular flexibility index (Phi) is 8.29. The lowest BCUT2D eigenvalue weighted by molar-refractivity contribution is -0.121. The van der Waals surface area contributed by atoms with Gasteiger partial charge in [-0.15, -0.1) is 0 Å². The Morgan fingerprint density at radius 1 is 1.18 bits per heavy atom. The van der Waals surface area contributed by atoms with Gasteiger partial charge in [0, 0.05) is 25.6 Å². The molecule has 0 aliphatic carbocycles. The maximum absolute atomic E-state index is 12.0. The maximum Gasteiger partial charge on any atom is 0.222 e. The summed E-state index contributed by atoms with van der Waals surface area (Å²) < 4.78 is 22.9. The summed E-state index contributed by atoms with van der Waals surface area (Å²) in [6.45, 7) is 8.03. The fraction of sp³-hybridized carbons (Fsp3) is 0.600. The zero-order valence-corrected chi connectivity index (χ0v) is 17.9. The van der Waals surface area contributed by atoms with E-state index in [-0.39, 0.29) is 29.9 Å². The van der Waals surface area contributed by atoms with Crippen LogP contribution in [0.3, 0.4) is 0 Å². The summed E-state index contributed by atoms with van der Waals surface area (Å²) in [4.78, 5) is 16.4. The number of carbonyl (C=O) groups excluding carboxylic acids is 1. The van der Waals surface area contributed by atoms with Crippen molar-refractivity contribution in [1.29, 1.82) is 0 Å². The van der Waals surface area contributed by atoms with Gasteiger partial charge in [-0.3, -0.25) is 9.79 Å². The zero-order chi connectivity index (χ0) is 20.6. The summed E-state index contributed by atoms with van der Waals surface area (Å²) >= 11 is 0. The summed E-state index contributed by atoms with van der Waals surface area (Å²) in [5, 5.41) is 9.26. The third-order valence-electron chi connectivity index (χ3n) is 4.54. The van der Waals surface area contributed by atoms with Crippen LogP contribution in [0.15, 0.2) is 23.2 Å². The molecular weight excluding hydrogens is 376 g/mol. The molecule has 1 heterocycles. The Hall–Kier alpha value is -2.09. The van der Waals surface area contributed by atoms with E-state index < -0.39 is 9.84 Å². The fourth-order valence-corrected chi connectivity index (χ4v) is 5.03. The van der Waals surface area contributed by atoms with Gasteiger partial charge in [0.2, 0.25) is 5.91 Å². The molecule has 1 atom stereocenters. The van der Waals surface area contributed by atoms with E-state index in [0.717, 1.165) is 19.5 Å². The minimum atomic E-state index is -2.98. The van der Waals surface area contributed by atoms with Crippen LogP contribution in [-0.2, 0) is 21.1 Å². The van der Waals surface area contributed by atoms with Crippen LogP contribution >= 0.6 is 0 Å². The number of nitrogens with one attached hydrogen (secondary N) is 3. The van der Waals surface area contributed by atoms with Crippen LogP contribution in [0.4, 0.5) is 0 Å². The monoisotopic (exact) mass is 408 g/mol. The van der Waals surface area contributed by atoms with Crippen LogP contribution in [0, 0.1) is 13.8 Å². The number of benzene rings is 1. The zero-order valence-electron chi connectivity index (χ0n) is 17.0. The molecule has 1 fully saturated rings. The molecule has 0 bridgehead atoms. The van der Waals surface area contributed by atoms with Gasteiger partial charge in [0.05, 0.1) is 18.1 Å². The number of rotatable bonds is 8. The van der Waals surface area contributed by atoms with Crippen molar-refractivity contribution >= 4 is 21.7 Å². The maximum atomic E-state index is 12.0. The van der Waals surface area contributed by atoms with E-state index in [1.807, 2.05) is 6.92 Å². The molecular formula is C20H32N4O3S. The van der Waals surface area contributed by atoms with Crippen molar-refractivity contribution in [1.82, 2.24) is 16.0 Å². The summed E-state index contributed by atoms with van der Waals surface area (Å²) in [6.07, 6.45) is 1.63. The number of aliphatic imine (C=N–C) groups is 1. The number of guanidine groups is 1. The van der Waals surface area contributed by atoms with Crippen molar-refractivity contribution in [2.75, 3.05) is 31.1 Å². The first-order valence-electron chi connectivity index (χ1n) is 9.86. The molecule has 156 valence electrons. The number of hydrogen-bond acceptors (Lipinski definition) is 4. The highest BCUT2D eigenvalue weighted by Crippen LogP contribution is 2.11. The first-order valence-corrected chi connectivity index (χ1v) is 11.7. The number of nitrogens with zero attached hydrogens (tertiary/aromatic N) is 1. The molecule has 0 saturated carbocycles. The Morgan fingerprint density at radius 2 is 1.89 bits per heavy atom. The van der Waals surface area contributed by atoms with Crippen LogP contribution in [-0.4, -0.2) is 57.5 Å². The first kappa shape index (κ1) is 22.2. The molecule has 0 radical (unpaired) electrons. The van der Waals surface area contributed by atoms with Gasteiger partial charge < -0.3 is 16.0 Å². The predicted molar refractivity (Wildman–Crippen MR) is 113 cm³/mol. The van der Waals surface area contributed by atoms with Crippen molar-refractivity contribution in [3.63, 3.8) is 0 Å². The predicted octanol–water partition coefficient (Wildman–Crippen LogP) is 1.09. The van der Waals surface area contributed by atoms with Crippen LogP contribution in [0.25, 0.3) is 0 Å². The lowest BCUT2D eigenvalue weighted by Crippen LogP contribution is -2.39. The fourth-order valence-electron chi connectivity index (χ4n) is 3.36. The lowest BCUT2D eigenvalue weighted by Gasteiger charge is -2.13. The largest absolute Gasteiger partial charge is 0.357 e. The third-order valence-corrected chi connectivity index (χ3v) is 6.31. The quantitative estimate of drug-likeness (QED) is 0.442. The molecule has 1 aromatic carbocycles. The van der Waals surface area contributed by atoms with Gasteiger partial charge in [-0.05, 0) is 39.2 Å². The molecule has 1 amide bonds. The molecule has 1 aromatic rings. The SMILES string of the molecule is CCNC(=NCCC(=O)NC1CCS(=O)(=O)C1)NCCc1cc(C)cc(C)c1. The minimum Gasteiger partial charge on any atom is -0.357 e. The summed E-state index contributed by atoms with van der Waals surface area (Å²) in [5.41, 5.74) is 3.81. The number of sulfone groups is 1. The molecule has 1 unspecified atom stereocenters. The molecule has 1 aliphatic heterocycles. The van der Waals surface area contributed by atoms with Gasteiger partial charge in [-0.25, -0.2) is 8.42 Å². The second-order valence-electron chi connectivity index (χ2n) is 7.35. The van der Waals surface area contributed by atoms with Gasteiger partial charge >= 0.3 is 0 Å². The first-order chi connectivity index (χ1) is 13.3. The van der Waals surface area contributed by atoms with Crippen molar-refractivity contribution in [2.45, 2.75) is 46.1 Å². The normalized spacial score (nSPS) is 18.7. The van der Waals surface area contributed by atoms with Crippen molar-refractivity contribution in [3.05, 3.63) is 34.9 Å². The Labute approximate surface area is 168 Å². The van der Waals surface area contributed by atoms with Gasteiger partial charge in [-0.1, -0.05) is 29.3 Å². The number of hydrogen-bond donors (Lipinski definition) is 3. The molecule has 3 N–H and O–H groups in total. The van der Waals surface area contributed by atoms with Crippen molar-refractivity contribution < 1.29 is 13.2 Å². The van der Waals surface area contributed by atoms with Gasteiger partial charge in [0.15, 0.2) is 15.8 Å². The molecule has 28 heavy (non-hydrogen) atoms. The summed E-state index contributed by atoms with van der Waals surface area (Å²) in [7, 11) is -2.98. The third kappa shape index (κ3) is 7.88. The average Bonchev–Trinajstić information content (AvgIpc) is 2.92. The topological polar surface area (TPSA) is 99.7 Å². The van der Waals surface area contributed by atoms with Crippen LogP contribution in [0.2, 0.25) is 0 Å². The van der Waals surface area contributed by atoms with Gasteiger partial charge in [0.25, 0.3) is 0 Å². The average molecular weight is 409 g/mol. The molecule has 1 saturated heterocycles. The standard InChI is InChI=1S/C20H32N4O3S/c1-4-21-20(22-8-5-17-12-15(2)11-16(3)13-17)23-9-6-19(25)24-18-7-10-28(26,27)14-18/h11-13,18H,4-10,14H2,1-3H3,(H,24,25)(H2,21,22,23). The Bertz CT molecular complexity index is 785. The van der Waals surface area contributed by atoms with Gasteiger partial charge in [0.1, 0.15) is 0 Å². The number of amides is 1. The van der Waals surface area contributed by atoms with Gasteiger partial charge in [-0.2, -0.15) is 0 Å². The molecule has 8 heteroatoms. The molecule has 7 nitrogen and oxygen atoms in total. The van der Waals surface area contributed by atoms with Crippen LogP contribution in [0.5, 0.6) is 0 Å². The molecule has 2 rings (SSSR count). The van der Waals surface area contributed by atoms with Crippen molar-refractivity contribution in [3.8, 4) is 0 Å². The van der Waals surface area contributed by atoms with Crippen LogP contribution in [0.1, 0.15) is 36.5 Å². The van der Waals surface area contributed by atoms with E-state index in [1.54, 1.807) is 0 Å². The molecule has 0 spiro atoms. The number of aryl methyl sites for hydroxylation is 2. The van der Waals surface area contributed by atoms with E-state index in [1.165, 1.54) is 16.7 Å². The van der Waals surface area contributed by atoms with E-state index >= 15 is 0 Å². The highest BCUT2D eigenvalue weighted by molar-refractivity contribution is 7.91. The Balaban J connectivity index is 1.75. The number of carbonyl (C=O) groups is 1. The summed E-state index contributed by atoms with van der Waals surface area (Å²) in [6, 6.07) is 6.28. The van der Waals surface area contributed by atoms with E-state index in [9.17, 15) is 13.2 Å². The summed E-state index contributed by atoms with van der Waals surface area (Å²) in [5.74, 6) is 0.732. The van der Waals surface area contributed by atoms with E-state index in [0.29, 0.717) is 18.9 Å². The van der Waals surface area contributed by atoms with E-state index in [4.69, 9.17) is 0 Å². The molecule has 1 aliphatic rings. The highest BCUT2D eigenvalue weighted by atomic mass is 32.2. The second-order valence-corrected chi connectivity index (χ2v) is 9.58. The smallest absolute Gasteiger partial charge is 0.222 e. The lowest BCUT2D eigenvalue weighted by atomic mass is 10.1. The Morgan fingerprint density at radius 3 is 2.50 bits per heavy atom. The minimum absolute atomic E-state index is 0.0463.